The summed E-state index contributed by atoms with van der Waals surface area (Å²) in [7, 11) is 0. The molecule has 5 heteroatoms. The molecule has 1 atom stereocenters. The van der Waals surface area contributed by atoms with Gasteiger partial charge < -0.3 is 13.8 Å². The summed E-state index contributed by atoms with van der Waals surface area (Å²) in [5.74, 6) is 0. The molecular formula is C24H51O4S-. The minimum Gasteiger partial charge on any atom is -0.750 e. The Bertz CT molecular complexity index is 275. The summed E-state index contributed by atoms with van der Waals surface area (Å²) in [6, 6.07) is 0. The highest BCUT2D eigenvalue weighted by Gasteiger charge is 1.95. The average molecular weight is 436 g/mol. The molecule has 0 aromatic carbocycles. The minimum atomic E-state index is -2.86. The lowest BCUT2D eigenvalue weighted by atomic mass is 10.1. The maximum Gasteiger partial charge on any atom is 0.0814 e. The first-order chi connectivity index (χ1) is 14.1. The van der Waals surface area contributed by atoms with Gasteiger partial charge in [-0.3, -0.25) is 0 Å². The van der Waals surface area contributed by atoms with Gasteiger partial charge in [-0.1, -0.05) is 129 Å². The van der Waals surface area contributed by atoms with Crippen molar-refractivity contribution in [1.29, 1.82) is 0 Å². The van der Waals surface area contributed by atoms with E-state index in [1.165, 1.54) is 128 Å². The van der Waals surface area contributed by atoms with Crippen molar-refractivity contribution in [2.45, 2.75) is 142 Å². The molecule has 0 amide bonds. The molecule has 178 valence electrons. The number of unbranched alkanes of at least 4 members (excludes halogenated alkanes) is 18. The molecule has 29 heavy (non-hydrogen) atoms. The SMILES string of the molecule is CCCCCCCCCCCCOCCCCCCCCCCCC.O=S([O-])O. The van der Waals surface area contributed by atoms with Crippen LogP contribution in [0.25, 0.3) is 0 Å². The van der Waals surface area contributed by atoms with Crippen LogP contribution in [0.3, 0.4) is 0 Å². The van der Waals surface area contributed by atoms with Crippen molar-refractivity contribution >= 4 is 11.4 Å². The van der Waals surface area contributed by atoms with E-state index in [1.807, 2.05) is 0 Å². The molecule has 0 aromatic rings. The normalized spacial score (nSPS) is 11.9. The lowest BCUT2D eigenvalue weighted by Crippen LogP contribution is -1.97. The van der Waals surface area contributed by atoms with Crippen LogP contribution in [0.15, 0.2) is 0 Å². The zero-order valence-electron chi connectivity index (χ0n) is 19.6. The van der Waals surface area contributed by atoms with E-state index in [1.54, 1.807) is 0 Å². The first kappa shape index (κ1) is 31.2. The Balaban J connectivity index is 0. The largest absolute Gasteiger partial charge is 0.750 e. The van der Waals surface area contributed by atoms with E-state index in [9.17, 15) is 0 Å². The molecule has 0 saturated heterocycles. The summed E-state index contributed by atoms with van der Waals surface area (Å²) in [4.78, 5) is 0. The van der Waals surface area contributed by atoms with Crippen molar-refractivity contribution in [2.24, 2.45) is 0 Å². The van der Waals surface area contributed by atoms with Crippen LogP contribution in [0, 0.1) is 0 Å². The van der Waals surface area contributed by atoms with E-state index in [0.717, 1.165) is 13.2 Å². The molecule has 0 aromatic heterocycles. The topological polar surface area (TPSA) is 69.6 Å². The highest BCUT2D eigenvalue weighted by molar-refractivity contribution is 7.73. The van der Waals surface area contributed by atoms with E-state index < -0.39 is 11.4 Å². The molecule has 0 rings (SSSR count). The third-order valence-electron chi connectivity index (χ3n) is 5.28. The summed E-state index contributed by atoms with van der Waals surface area (Å²) < 4.78 is 29.9. The summed E-state index contributed by atoms with van der Waals surface area (Å²) in [5, 5.41) is 0. The molecule has 0 saturated carbocycles. The number of hydrogen-bond donors (Lipinski definition) is 1. The predicted octanol–water partition coefficient (Wildman–Crippen LogP) is 8.18. The van der Waals surface area contributed by atoms with Gasteiger partial charge in [-0.2, -0.15) is 0 Å². The number of hydrogen-bond acceptors (Lipinski definition) is 3. The third-order valence-corrected chi connectivity index (χ3v) is 5.28. The Labute approximate surface area is 185 Å². The summed E-state index contributed by atoms with van der Waals surface area (Å²) in [6.07, 6.45) is 28.2. The van der Waals surface area contributed by atoms with Gasteiger partial charge >= 0.3 is 0 Å². The van der Waals surface area contributed by atoms with Crippen molar-refractivity contribution in [1.82, 2.24) is 0 Å². The first-order valence-electron chi connectivity index (χ1n) is 12.5. The zero-order chi connectivity index (χ0) is 21.8. The van der Waals surface area contributed by atoms with Crippen molar-refractivity contribution in [3.05, 3.63) is 0 Å². The Morgan fingerprint density at radius 2 is 0.759 bits per heavy atom. The van der Waals surface area contributed by atoms with Crippen LogP contribution in [0.1, 0.15) is 142 Å². The fourth-order valence-electron chi connectivity index (χ4n) is 3.49. The Morgan fingerprint density at radius 1 is 0.552 bits per heavy atom. The Kier molecular flexibility index (Phi) is 32.5. The van der Waals surface area contributed by atoms with E-state index in [0.29, 0.717) is 0 Å². The van der Waals surface area contributed by atoms with Crippen LogP contribution in [0.5, 0.6) is 0 Å². The number of ether oxygens (including phenoxy) is 1. The summed E-state index contributed by atoms with van der Waals surface area (Å²) in [5.41, 5.74) is 0. The van der Waals surface area contributed by atoms with Crippen molar-refractivity contribution < 1.29 is 18.1 Å². The predicted molar refractivity (Wildman–Crippen MR) is 126 cm³/mol. The van der Waals surface area contributed by atoms with Crippen LogP contribution in [0.2, 0.25) is 0 Å². The Morgan fingerprint density at radius 3 is 1.00 bits per heavy atom. The maximum atomic E-state index is 8.56. The van der Waals surface area contributed by atoms with Gasteiger partial charge in [0.1, 0.15) is 0 Å². The van der Waals surface area contributed by atoms with Gasteiger partial charge in [-0.15, -0.1) is 0 Å². The fourth-order valence-corrected chi connectivity index (χ4v) is 3.49. The molecule has 0 aliphatic heterocycles. The molecule has 0 aliphatic rings. The molecule has 1 unspecified atom stereocenters. The fraction of sp³-hybridized carbons (Fsp3) is 1.00. The minimum absolute atomic E-state index is 0.994. The van der Waals surface area contributed by atoms with Crippen molar-refractivity contribution in [2.75, 3.05) is 13.2 Å². The zero-order valence-corrected chi connectivity index (χ0v) is 20.5. The molecule has 1 N–H and O–H groups in total. The monoisotopic (exact) mass is 435 g/mol. The quantitative estimate of drug-likeness (QED) is 0.137. The van der Waals surface area contributed by atoms with Gasteiger partial charge in [0.2, 0.25) is 0 Å². The molecule has 0 bridgehead atoms. The lowest BCUT2D eigenvalue weighted by molar-refractivity contribution is 0.125. The number of rotatable bonds is 22. The summed E-state index contributed by atoms with van der Waals surface area (Å²) >= 11 is -2.86. The van der Waals surface area contributed by atoms with Crippen LogP contribution in [-0.4, -0.2) is 26.5 Å². The molecule has 0 heterocycles. The van der Waals surface area contributed by atoms with Crippen LogP contribution in [0.4, 0.5) is 0 Å². The van der Waals surface area contributed by atoms with Gasteiger partial charge in [0.15, 0.2) is 0 Å². The third kappa shape index (κ3) is 39.1. The van der Waals surface area contributed by atoms with E-state index in [4.69, 9.17) is 18.1 Å². The smallest absolute Gasteiger partial charge is 0.0814 e. The molecule has 4 nitrogen and oxygen atoms in total. The molecule has 0 spiro atoms. The maximum absolute atomic E-state index is 8.56. The second-order valence-electron chi connectivity index (χ2n) is 8.19. The van der Waals surface area contributed by atoms with Crippen LogP contribution < -0.4 is 0 Å². The van der Waals surface area contributed by atoms with E-state index in [2.05, 4.69) is 13.8 Å². The van der Waals surface area contributed by atoms with Gasteiger partial charge in [0.25, 0.3) is 0 Å². The van der Waals surface area contributed by atoms with E-state index >= 15 is 0 Å². The van der Waals surface area contributed by atoms with E-state index in [-0.39, 0.29) is 0 Å². The molecule has 0 aliphatic carbocycles. The van der Waals surface area contributed by atoms with Gasteiger partial charge in [-0.05, 0) is 12.8 Å². The van der Waals surface area contributed by atoms with Crippen molar-refractivity contribution in [3.63, 3.8) is 0 Å². The Hall–Kier alpha value is 0.0300. The molecular weight excluding hydrogens is 384 g/mol. The standard InChI is InChI=1S/C24H50O.H2O3S/c1-3-5-7-9-11-13-15-17-19-21-23-25-24-22-20-18-16-14-12-10-8-6-4-2;1-4(2)3/h3-24H2,1-2H3;(H2,1,2,3)/p-1. The first-order valence-corrected chi connectivity index (χ1v) is 13.5. The van der Waals surface area contributed by atoms with Gasteiger partial charge in [-0.25, -0.2) is 4.21 Å². The van der Waals surface area contributed by atoms with Crippen molar-refractivity contribution in [3.8, 4) is 0 Å². The lowest BCUT2D eigenvalue weighted by Gasteiger charge is -2.05. The average Bonchev–Trinajstić information content (AvgIpc) is 2.69. The van der Waals surface area contributed by atoms with Crippen LogP contribution >= 0.6 is 0 Å². The summed E-state index contributed by atoms with van der Waals surface area (Å²) in [6.45, 7) is 6.57. The molecule has 0 fully saturated rings. The van der Waals surface area contributed by atoms with Gasteiger partial charge in [0.05, 0.1) is 11.4 Å². The van der Waals surface area contributed by atoms with Crippen LogP contribution in [-0.2, 0) is 16.1 Å². The molecule has 0 radical (unpaired) electrons. The highest BCUT2D eigenvalue weighted by atomic mass is 32.2. The highest BCUT2D eigenvalue weighted by Crippen LogP contribution is 2.12. The van der Waals surface area contributed by atoms with Gasteiger partial charge in [0, 0.05) is 13.2 Å². The second-order valence-corrected chi connectivity index (χ2v) is 8.63. The second kappa shape index (κ2) is 30.2.